The van der Waals surface area contributed by atoms with Gasteiger partial charge in [0.15, 0.2) is 0 Å². The molecule has 25 heavy (non-hydrogen) atoms. The summed E-state index contributed by atoms with van der Waals surface area (Å²) in [6, 6.07) is 11.4. The van der Waals surface area contributed by atoms with E-state index in [4.69, 9.17) is 0 Å². The SMILES string of the molecule is Cc1cc(C)c(N2CCN(S(=O)(=O)c3ccc(I)cc3)CC2)c(C)c1. The third kappa shape index (κ3) is 3.85. The first kappa shape index (κ1) is 18.7. The smallest absolute Gasteiger partial charge is 0.243 e. The first-order valence-corrected chi connectivity index (χ1v) is 10.9. The van der Waals surface area contributed by atoms with E-state index in [2.05, 4.69) is 60.4 Å². The fourth-order valence-corrected chi connectivity index (χ4v) is 5.36. The van der Waals surface area contributed by atoms with Gasteiger partial charge in [0.2, 0.25) is 10.0 Å². The van der Waals surface area contributed by atoms with Crippen LogP contribution >= 0.6 is 22.6 Å². The van der Waals surface area contributed by atoms with Gasteiger partial charge >= 0.3 is 0 Å². The Bertz CT molecular complexity index is 848. The van der Waals surface area contributed by atoms with Crippen LogP contribution < -0.4 is 4.90 Å². The summed E-state index contributed by atoms with van der Waals surface area (Å²) in [6.45, 7) is 8.83. The minimum atomic E-state index is -3.41. The van der Waals surface area contributed by atoms with Gasteiger partial charge in [-0.2, -0.15) is 4.31 Å². The summed E-state index contributed by atoms with van der Waals surface area (Å²) in [7, 11) is -3.41. The molecule has 0 unspecified atom stereocenters. The third-order valence-corrected chi connectivity index (χ3v) is 7.27. The van der Waals surface area contributed by atoms with Gasteiger partial charge in [-0.15, -0.1) is 0 Å². The minimum absolute atomic E-state index is 0.379. The minimum Gasteiger partial charge on any atom is -0.368 e. The molecular formula is C19H23IN2O2S. The van der Waals surface area contributed by atoms with E-state index in [1.54, 1.807) is 16.4 Å². The van der Waals surface area contributed by atoms with Crippen molar-refractivity contribution in [3.63, 3.8) is 0 Å². The van der Waals surface area contributed by atoms with Crippen molar-refractivity contribution in [2.24, 2.45) is 0 Å². The van der Waals surface area contributed by atoms with Gasteiger partial charge in [0, 0.05) is 35.4 Å². The summed E-state index contributed by atoms with van der Waals surface area (Å²) >= 11 is 2.18. The van der Waals surface area contributed by atoms with Gasteiger partial charge in [-0.25, -0.2) is 8.42 Å². The van der Waals surface area contributed by atoms with E-state index in [0.717, 1.165) is 3.57 Å². The maximum atomic E-state index is 12.8. The largest absolute Gasteiger partial charge is 0.368 e. The van der Waals surface area contributed by atoms with Gasteiger partial charge in [-0.1, -0.05) is 17.7 Å². The van der Waals surface area contributed by atoms with E-state index >= 15 is 0 Å². The van der Waals surface area contributed by atoms with Crippen LogP contribution in [-0.4, -0.2) is 38.9 Å². The van der Waals surface area contributed by atoms with E-state index in [9.17, 15) is 8.42 Å². The standard InChI is InChI=1S/C19H23IN2O2S/c1-14-12-15(2)19(16(3)13-14)21-8-10-22(11-9-21)25(23,24)18-6-4-17(20)5-7-18/h4-7,12-13H,8-11H2,1-3H3. The molecule has 134 valence electrons. The number of rotatable bonds is 3. The monoisotopic (exact) mass is 470 g/mol. The molecule has 1 aliphatic rings. The van der Waals surface area contributed by atoms with Gasteiger partial charge in [-0.3, -0.25) is 0 Å². The summed E-state index contributed by atoms with van der Waals surface area (Å²) < 4.78 is 28.3. The van der Waals surface area contributed by atoms with Crippen molar-refractivity contribution in [2.75, 3.05) is 31.1 Å². The molecule has 1 heterocycles. The second-order valence-corrected chi connectivity index (χ2v) is 9.78. The lowest BCUT2D eigenvalue weighted by atomic mass is 10.0. The molecule has 0 radical (unpaired) electrons. The van der Waals surface area contributed by atoms with Crippen LogP contribution in [0.25, 0.3) is 0 Å². The van der Waals surface area contributed by atoms with Crippen LogP contribution in [0.4, 0.5) is 5.69 Å². The molecule has 0 aromatic heterocycles. The average molecular weight is 470 g/mol. The Balaban J connectivity index is 1.77. The Kier molecular flexibility index (Phi) is 5.41. The zero-order valence-corrected chi connectivity index (χ0v) is 17.8. The highest BCUT2D eigenvalue weighted by atomic mass is 127. The van der Waals surface area contributed by atoms with Crippen LogP contribution in [0.2, 0.25) is 0 Å². The average Bonchev–Trinajstić information content (AvgIpc) is 2.55. The lowest BCUT2D eigenvalue weighted by molar-refractivity contribution is 0.384. The normalized spacial score (nSPS) is 16.2. The molecule has 1 saturated heterocycles. The van der Waals surface area contributed by atoms with Crippen LogP contribution in [0, 0.1) is 24.3 Å². The van der Waals surface area contributed by atoms with E-state index < -0.39 is 10.0 Å². The molecule has 0 aliphatic carbocycles. The number of hydrogen-bond donors (Lipinski definition) is 0. The van der Waals surface area contributed by atoms with Crippen LogP contribution in [0.15, 0.2) is 41.3 Å². The number of aryl methyl sites for hydroxylation is 3. The van der Waals surface area contributed by atoms with Gasteiger partial charge < -0.3 is 4.90 Å². The summed E-state index contributed by atoms with van der Waals surface area (Å²) in [5, 5.41) is 0. The Labute approximate surface area is 164 Å². The summed E-state index contributed by atoms with van der Waals surface area (Å²) in [6.07, 6.45) is 0. The Hall–Kier alpha value is -1.12. The van der Waals surface area contributed by atoms with Gasteiger partial charge in [0.05, 0.1) is 4.90 Å². The van der Waals surface area contributed by atoms with Crippen molar-refractivity contribution in [1.29, 1.82) is 0 Å². The van der Waals surface area contributed by atoms with Crippen LogP contribution in [0.5, 0.6) is 0 Å². The zero-order valence-electron chi connectivity index (χ0n) is 14.8. The molecule has 1 fully saturated rings. The Morgan fingerprint density at radius 2 is 1.40 bits per heavy atom. The van der Waals surface area contributed by atoms with Crippen LogP contribution in [-0.2, 0) is 10.0 Å². The number of piperazine rings is 1. The predicted molar refractivity (Wildman–Crippen MR) is 111 cm³/mol. The lowest BCUT2D eigenvalue weighted by Crippen LogP contribution is -2.49. The molecular weight excluding hydrogens is 447 g/mol. The van der Waals surface area contributed by atoms with E-state index in [1.807, 2.05) is 12.1 Å². The highest BCUT2D eigenvalue weighted by Gasteiger charge is 2.29. The molecule has 0 amide bonds. The summed E-state index contributed by atoms with van der Waals surface area (Å²) in [4.78, 5) is 2.69. The molecule has 0 N–H and O–H groups in total. The molecule has 2 aromatic rings. The van der Waals surface area contributed by atoms with Gasteiger partial charge in [0.1, 0.15) is 0 Å². The highest BCUT2D eigenvalue weighted by Crippen LogP contribution is 2.28. The van der Waals surface area contributed by atoms with Crippen molar-refractivity contribution in [3.05, 3.63) is 56.7 Å². The maximum absolute atomic E-state index is 12.8. The summed E-state index contributed by atoms with van der Waals surface area (Å²) in [5.41, 5.74) is 5.02. The quantitative estimate of drug-likeness (QED) is 0.643. The number of halogens is 1. The first-order valence-electron chi connectivity index (χ1n) is 8.37. The molecule has 0 bridgehead atoms. The van der Waals surface area contributed by atoms with Gasteiger partial charge in [0.25, 0.3) is 0 Å². The highest BCUT2D eigenvalue weighted by molar-refractivity contribution is 14.1. The molecule has 0 atom stereocenters. The van der Waals surface area contributed by atoms with Crippen molar-refractivity contribution < 1.29 is 8.42 Å². The van der Waals surface area contributed by atoms with Crippen molar-refractivity contribution in [3.8, 4) is 0 Å². The number of benzene rings is 2. The fourth-order valence-electron chi connectivity index (χ4n) is 3.58. The summed E-state index contributed by atoms with van der Waals surface area (Å²) in [5.74, 6) is 0. The molecule has 6 heteroatoms. The van der Waals surface area contributed by atoms with E-state index in [0.29, 0.717) is 31.1 Å². The van der Waals surface area contributed by atoms with E-state index in [-0.39, 0.29) is 0 Å². The topological polar surface area (TPSA) is 40.6 Å². The predicted octanol–water partition coefficient (Wildman–Crippen LogP) is 3.73. The second-order valence-electron chi connectivity index (χ2n) is 6.59. The van der Waals surface area contributed by atoms with Crippen molar-refractivity contribution in [2.45, 2.75) is 25.7 Å². The second kappa shape index (κ2) is 7.25. The number of anilines is 1. The first-order chi connectivity index (χ1) is 11.8. The molecule has 0 spiro atoms. The molecule has 3 rings (SSSR count). The number of sulfonamides is 1. The number of hydrogen-bond acceptors (Lipinski definition) is 3. The third-order valence-electron chi connectivity index (χ3n) is 4.64. The number of nitrogens with zero attached hydrogens (tertiary/aromatic N) is 2. The molecule has 2 aromatic carbocycles. The molecule has 4 nitrogen and oxygen atoms in total. The van der Waals surface area contributed by atoms with E-state index in [1.165, 1.54) is 22.4 Å². The maximum Gasteiger partial charge on any atom is 0.243 e. The molecule has 1 aliphatic heterocycles. The van der Waals surface area contributed by atoms with Crippen LogP contribution in [0.1, 0.15) is 16.7 Å². The Morgan fingerprint density at radius 3 is 1.92 bits per heavy atom. The van der Waals surface area contributed by atoms with Crippen molar-refractivity contribution >= 4 is 38.3 Å². The lowest BCUT2D eigenvalue weighted by Gasteiger charge is -2.37. The Morgan fingerprint density at radius 1 is 0.880 bits per heavy atom. The zero-order chi connectivity index (χ0) is 18.2. The van der Waals surface area contributed by atoms with Crippen LogP contribution in [0.3, 0.4) is 0 Å². The van der Waals surface area contributed by atoms with Crippen molar-refractivity contribution in [1.82, 2.24) is 4.31 Å². The molecule has 0 saturated carbocycles. The fraction of sp³-hybridized carbons (Fsp3) is 0.368. The van der Waals surface area contributed by atoms with Gasteiger partial charge in [-0.05, 0) is 78.8 Å².